The van der Waals surface area contributed by atoms with Crippen molar-refractivity contribution in [1.82, 2.24) is 0 Å². The Morgan fingerprint density at radius 1 is 1.54 bits per heavy atom. The Labute approximate surface area is 84.8 Å². The molecule has 0 aromatic carbocycles. The summed E-state index contributed by atoms with van der Waals surface area (Å²) in [5.74, 6) is -0.482. The Kier molecular flexibility index (Phi) is 3.47. The lowest BCUT2D eigenvalue weighted by Gasteiger charge is -1.94. The van der Waals surface area contributed by atoms with Crippen LogP contribution in [0.4, 0.5) is 0 Å². The molecule has 72 valence electrons. The highest BCUT2D eigenvalue weighted by molar-refractivity contribution is 8.13. The summed E-state index contributed by atoms with van der Waals surface area (Å²) >= 11 is 1.29. The lowest BCUT2D eigenvalue weighted by molar-refractivity contribution is 0.0993. The summed E-state index contributed by atoms with van der Waals surface area (Å²) in [5.41, 5.74) is 0. The first-order chi connectivity index (χ1) is 5.99. The Balaban J connectivity index is 2.53. The number of carbonyl (C=O) groups is 1. The van der Waals surface area contributed by atoms with Gasteiger partial charge in [-0.3, -0.25) is 4.79 Å². The Morgan fingerprint density at radius 2 is 2.23 bits per heavy atom. The lowest BCUT2D eigenvalue weighted by atomic mass is 10.3. The average molecular weight is 239 g/mol. The molecule has 1 aromatic rings. The highest BCUT2D eigenvalue weighted by atomic mass is 35.7. The van der Waals surface area contributed by atoms with Crippen LogP contribution in [0.25, 0.3) is 0 Å². The number of halogens is 1. The molecule has 0 atom stereocenters. The van der Waals surface area contributed by atoms with Gasteiger partial charge in [0.1, 0.15) is 0 Å². The molecule has 3 nitrogen and oxygen atoms in total. The zero-order valence-corrected chi connectivity index (χ0v) is 8.95. The molecule has 0 N–H and O–H groups in total. The van der Waals surface area contributed by atoms with Crippen LogP contribution in [0.5, 0.6) is 0 Å². The van der Waals surface area contributed by atoms with Gasteiger partial charge in [0.15, 0.2) is 5.78 Å². The predicted octanol–water partition coefficient (Wildman–Crippen LogP) is 1.89. The predicted molar refractivity (Wildman–Crippen MR) is 52.9 cm³/mol. The molecule has 0 amide bonds. The molecular formula is C7H7ClO3S2. The van der Waals surface area contributed by atoms with E-state index in [1.165, 1.54) is 11.3 Å². The van der Waals surface area contributed by atoms with Gasteiger partial charge in [0, 0.05) is 17.1 Å². The number of Topliss-reactive ketones (excluding diaryl/α,β-unsaturated/α-hetero) is 1. The van der Waals surface area contributed by atoms with Gasteiger partial charge in [-0.15, -0.1) is 11.3 Å². The van der Waals surface area contributed by atoms with Crippen LogP contribution in [0, 0.1) is 0 Å². The van der Waals surface area contributed by atoms with Gasteiger partial charge in [0.05, 0.1) is 10.6 Å². The molecule has 0 saturated heterocycles. The second-order valence-corrected chi connectivity index (χ2v) is 6.24. The van der Waals surface area contributed by atoms with Crippen molar-refractivity contribution in [1.29, 1.82) is 0 Å². The monoisotopic (exact) mass is 238 g/mol. The number of thiophene rings is 1. The highest BCUT2D eigenvalue weighted by Crippen LogP contribution is 2.12. The average Bonchev–Trinajstić information content (AvgIpc) is 2.50. The van der Waals surface area contributed by atoms with Crippen molar-refractivity contribution in [3.8, 4) is 0 Å². The minimum atomic E-state index is -3.55. The molecule has 1 rings (SSSR count). The van der Waals surface area contributed by atoms with Crippen molar-refractivity contribution >= 4 is 36.9 Å². The molecule has 6 heteroatoms. The largest absolute Gasteiger partial charge is 0.293 e. The van der Waals surface area contributed by atoms with Crippen molar-refractivity contribution in [3.63, 3.8) is 0 Å². The van der Waals surface area contributed by atoms with Gasteiger partial charge in [-0.25, -0.2) is 8.42 Å². The van der Waals surface area contributed by atoms with Gasteiger partial charge in [0.25, 0.3) is 0 Å². The van der Waals surface area contributed by atoms with Gasteiger partial charge < -0.3 is 0 Å². The fraction of sp³-hybridized carbons (Fsp3) is 0.286. The first-order valence-electron chi connectivity index (χ1n) is 3.48. The summed E-state index contributed by atoms with van der Waals surface area (Å²) in [6, 6.07) is 3.40. The number of rotatable bonds is 4. The zero-order valence-electron chi connectivity index (χ0n) is 6.57. The molecule has 0 radical (unpaired) electrons. The maximum atomic E-state index is 11.2. The Bertz CT molecular complexity index is 380. The van der Waals surface area contributed by atoms with Crippen LogP contribution < -0.4 is 0 Å². The van der Waals surface area contributed by atoms with E-state index in [1.54, 1.807) is 17.5 Å². The van der Waals surface area contributed by atoms with Crippen LogP contribution in [-0.4, -0.2) is 20.0 Å². The number of ketones is 1. The summed E-state index contributed by atoms with van der Waals surface area (Å²) in [6.07, 6.45) is -0.0493. The molecule has 0 saturated carbocycles. The van der Waals surface area contributed by atoms with Crippen LogP contribution >= 0.6 is 22.0 Å². The second-order valence-electron chi connectivity index (χ2n) is 2.39. The van der Waals surface area contributed by atoms with Crippen molar-refractivity contribution < 1.29 is 13.2 Å². The van der Waals surface area contributed by atoms with Crippen LogP contribution in [0.3, 0.4) is 0 Å². The molecule has 13 heavy (non-hydrogen) atoms. The van der Waals surface area contributed by atoms with Crippen molar-refractivity contribution in [2.75, 3.05) is 5.75 Å². The molecule has 0 aliphatic rings. The van der Waals surface area contributed by atoms with E-state index in [-0.39, 0.29) is 18.0 Å². The van der Waals surface area contributed by atoms with E-state index in [4.69, 9.17) is 10.7 Å². The summed E-state index contributed by atoms with van der Waals surface area (Å²) in [4.78, 5) is 11.8. The fourth-order valence-electron chi connectivity index (χ4n) is 0.775. The standard InChI is InChI=1S/C7H7ClO3S2/c8-13(10,11)5-3-6(9)7-2-1-4-12-7/h1-2,4H,3,5H2. The summed E-state index contributed by atoms with van der Waals surface area (Å²) in [7, 11) is 1.41. The quantitative estimate of drug-likeness (QED) is 0.595. The van der Waals surface area contributed by atoms with Gasteiger partial charge in [-0.05, 0) is 11.4 Å². The van der Waals surface area contributed by atoms with Gasteiger partial charge >= 0.3 is 0 Å². The minimum absolute atomic E-state index is 0.0493. The van der Waals surface area contributed by atoms with Crippen LogP contribution in [0.2, 0.25) is 0 Å². The fourth-order valence-corrected chi connectivity index (χ4v) is 2.13. The van der Waals surface area contributed by atoms with E-state index in [1.807, 2.05) is 0 Å². The third kappa shape index (κ3) is 3.89. The van der Waals surface area contributed by atoms with Crippen molar-refractivity contribution in [2.45, 2.75) is 6.42 Å². The normalized spacial score (nSPS) is 11.5. The molecule has 0 fully saturated rings. The lowest BCUT2D eigenvalue weighted by Crippen LogP contribution is -2.04. The summed E-state index contributed by atoms with van der Waals surface area (Å²) < 4.78 is 21.0. The third-order valence-corrected chi connectivity index (χ3v) is 3.43. The first kappa shape index (κ1) is 10.7. The molecule has 0 aliphatic carbocycles. The van der Waals surface area contributed by atoms with Gasteiger partial charge in [-0.2, -0.15) is 0 Å². The topological polar surface area (TPSA) is 51.2 Å². The smallest absolute Gasteiger partial charge is 0.233 e. The first-order valence-corrected chi connectivity index (χ1v) is 6.84. The summed E-state index contributed by atoms with van der Waals surface area (Å²) in [5, 5.41) is 1.77. The molecule has 1 heterocycles. The van der Waals surface area contributed by atoms with E-state index in [0.717, 1.165) is 0 Å². The van der Waals surface area contributed by atoms with Crippen LogP contribution in [0.15, 0.2) is 17.5 Å². The van der Waals surface area contributed by atoms with Crippen LogP contribution in [-0.2, 0) is 9.05 Å². The second kappa shape index (κ2) is 4.21. The van der Waals surface area contributed by atoms with Crippen molar-refractivity contribution in [2.24, 2.45) is 0 Å². The SMILES string of the molecule is O=C(CCS(=O)(=O)Cl)c1cccs1. The zero-order chi connectivity index (χ0) is 9.90. The number of hydrogen-bond acceptors (Lipinski definition) is 4. The van der Waals surface area contributed by atoms with E-state index < -0.39 is 9.05 Å². The van der Waals surface area contributed by atoms with E-state index in [0.29, 0.717) is 4.88 Å². The molecule has 0 unspecified atom stereocenters. The Hall–Kier alpha value is -0.390. The molecule has 0 bridgehead atoms. The molecular weight excluding hydrogens is 232 g/mol. The van der Waals surface area contributed by atoms with E-state index in [2.05, 4.69) is 0 Å². The number of hydrogen-bond donors (Lipinski definition) is 0. The molecule has 0 spiro atoms. The highest BCUT2D eigenvalue weighted by Gasteiger charge is 2.11. The minimum Gasteiger partial charge on any atom is -0.293 e. The molecule has 1 aromatic heterocycles. The third-order valence-electron chi connectivity index (χ3n) is 1.37. The number of carbonyl (C=O) groups excluding carboxylic acids is 1. The molecule has 0 aliphatic heterocycles. The Morgan fingerprint density at radius 3 is 2.69 bits per heavy atom. The van der Waals surface area contributed by atoms with Gasteiger partial charge in [0.2, 0.25) is 9.05 Å². The van der Waals surface area contributed by atoms with Crippen LogP contribution in [0.1, 0.15) is 16.1 Å². The maximum absolute atomic E-state index is 11.2. The van der Waals surface area contributed by atoms with E-state index >= 15 is 0 Å². The summed E-state index contributed by atoms with van der Waals surface area (Å²) in [6.45, 7) is 0. The maximum Gasteiger partial charge on any atom is 0.233 e. The van der Waals surface area contributed by atoms with E-state index in [9.17, 15) is 13.2 Å². The van der Waals surface area contributed by atoms with Crippen molar-refractivity contribution in [3.05, 3.63) is 22.4 Å². The van der Waals surface area contributed by atoms with Gasteiger partial charge in [-0.1, -0.05) is 6.07 Å².